The Bertz CT molecular complexity index is 503. The summed E-state index contributed by atoms with van der Waals surface area (Å²) in [7, 11) is 0. The van der Waals surface area contributed by atoms with Crippen LogP contribution in [-0.2, 0) is 0 Å². The SMILES string of the molecule is O=C(O)c1cccc2cc([O-])ccc12. The van der Waals surface area contributed by atoms with Gasteiger partial charge in [-0.25, -0.2) is 4.79 Å². The predicted octanol–water partition coefficient (Wildman–Crippen LogP) is 1.61. The molecule has 0 aliphatic heterocycles. The minimum Gasteiger partial charge on any atom is -0.872 e. The summed E-state index contributed by atoms with van der Waals surface area (Å²) >= 11 is 0. The van der Waals surface area contributed by atoms with Gasteiger partial charge in [0, 0.05) is 0 Å². The van der Waals surface area contributed by atoms with Gasteiger partial charge in [0.05, 0.1) is 5.56 Å². The van der Waals surface area contributed by atoms with Crippen LogP contribution in [-0.4, -0.2) is 11.1 Å². The van der Waals surface area contributed by atoms with Crippen molar-refractivity contribution < 1.29 is 15.0 Å². The van der Waals surface area contributed by atoms with Gasteiger partial charge >= 0.3 is 5.97 Å². The fourth-order valence-corrected chi connectivity index (χ4v) is 1.45. The quantitative estimate of drug-likeness (QED) is 0.737. The number of benzene rings is 2. The van der Waals surface area contributed by atoms with Crippen LogP contribution in [0.25, 0.3) is 10.8 Å². The molecule has 0 aliphatic rings. The second-order valence-electron chi connectivity index (χ2n) is 2.99. The van der Waals surface area contributed by atoms with E-state index in [0.717, 1.165) is 0 Å². The molecule has 0 spiro atoms. The monoisotopic (exact) mass is 187 g/mol. The lowest BCUT2D eigenvalue weighted by atomic mass is 10.0. The summed E-state index contributed by atoms with van der Waals surface area (Å²) in [4.78, 5) is 10.8. The molecule has 2 aromatic rings. The summed E-state index contributed by atoms with van der Waals surface area (Å²) < 4.78 is 0. The minimum atomic E-state index is -0.978. The zero-order valence-electron chi connectivity index (χ0n) is 7.23. The molecule has 1 N–H and O–H groups in total. The highest BCUT2D eigenvalue weighted by Gasteiger charge is 2.06. The highest BCUT2D eigenvalue weighted by Crippen LogP contribution is 2.21. The molecule has 0 saturated carbocycles. The van der Waals surface area contributed by atoms with Crippen molar-refractivity contribution in [3.05, 3.63) is 42.0 Å². The van der Waals surface area contributed by atoms with E-state index in [4.69, 9.17) is 5.11 Å². The van der Waals surface area contributed by atoms with Gasteiger partial charge in [-0.15, -0.1) is 5.75 Å². The van der Waals surface area contributed by atoms with Crippen molar-refractivity contribution in [2.45, 2.75) is 0 Å². The first-order valence-electron chi connectivity index (χ1n) is 4.11. The van der Waals surface area contributed by atoms with Crippen LogP contribution in [0.1, 0.15) is 10.4 Å². The van der Waals surface area contributed by atoms with Crippen LogP contribution in [0.15, 0.2) is 36.4 Å². The van der Waals surface area contributed by atoms with Gasteiger partial charge in [0.25, 0.3) is 0 Å². The molecule has 0 radical (unpaired) electrons. The Balaban J connectivity index is 2.81. The maximum absolute atomic E-state index is 11.0. The lowest BCUT2D eigenvalue weighted by Gasteiger charge is -2.07. The third kappa shape index (κ3) is 1.29. The maximum atomic E-state index is 11.0. The number of carboxylic acids is 1. The first-order chi connectivity index (χ1) is 6.68. The molecule has 2 rings (SSSR count). The lowest BCUT2D eigenvalue weighted by Crippen LogP contribution is -1.97. The molecule has 0 aliphatic carbocycles. The van der Waals surface area contributed by atoms with Crippen molar-refractivity contribution in [1.29, 1.82) is 0 Å². The zero-order valence-corrected chi connectivity index (χ0v) is 7.23. The van der Waals surface area contributed by atoms with Crippen molar-refractivity contribution in [2.75, 3.05) is 0 Å². The number of rotatable bonds is 1. The van der Waals surface area contributed by atoms with Crippen molar-refractivity contribution in [1.82, 2.24) is 0 Å². The fourth-order valence-electron chi connectivity index (χ4n) is 1.45. The number of hydrogen-bond acceptors (Lipinski definition) is 2. The number of carbonyl (C=O) groups is 1. The van der Waals surface area contributed by atoms with Gasteiger partial charge in [-0.1, -0.05) is 30.3 Å². The molecule has 0 atom stereocenters. The van der Waals surface area contributed by atoms with Gasteiger partial charge < -0.3 is 10.2 Å². The van der Waals surface area contributed by atoms with Gasteiger partial charge in [0.15, 0.2) is 0 Å². The second kappa shape index (κ2) is 3.03. The Morgan fingerprint density at radius 2 is 2.00 bits per heavy atom. The molecule has 0 aromatic heterocycles. The van der Waals surface area contributed by atoms with E-state index in [-0.39, 0.29) is 11.3 Å². The number of hydrogen-bond donors (Lipinski definition) is 1. The highest BCUT2D eigenvalue weighted by atomic mass is 16.4. The van der Waals surface area contributed by atoms with Crippen molar-refractivity contribution in [3.63, 3.8) is 0 Å². The largest absolute Gasteiger partial charge is 0.872 e. The summed E-state index contributed by atoms with van der Waals surface area (Å²) in [5, 5.41) is 21.2. The Morgan fingerprint density at radius 3 is 2.71 bits per heavy atom. The minimum absolute atomic E-state index is 0.111. The summed E-state index contributed by atoms with van der Waals surface area (Å²) in [5.74, 6) is -1.09. The van der Waals surface area contributed by atoms with Crippen LogP contribution in [0.4, 0.5) is 0 Å². The van der Waals surface area contributed by atoms with Crippen LogP contribution in [0.5, 0.6) is 5.75 Å². The summed E-state index contributed by atoms with van der Waals surface area (Å²) in [6, 6.07) is 9.22. The van der Waals surface area contributed by atoms with Crippen LogP contribution in [0.2, 0.25) is 0 Å². The van der Waals surface area contributed by atoms with Gasteiger partial charge in [0.2, 0.25) is 0 Å². The number of fused-ring (bicyclic) bond motifs is 1. The Hall–Kier alpha value is -2.03. The normalized spacial score (nSPS) is 10.3. The van der Waals surface area contributed by atoms with E-state index in [0.29, 0.717) is 10.8 Å². The van der Waals surface area contributed by atoms with Crippen LogP contribution in [0, 0.1) is 0 Å². The Labute approximate surface area is 80.2 Å². The summed E-state index contributed by atoms with van der Waals surface area (Å²) in [5.41, 5.74) is 0.225. The summed E-state index contributed by atoms with van der Waals surface area (Å²) in [6.07, 6.45) is 0. The number of aromatic carboxylic acids is 1. The van der Waals surface area contributed by atoms with E-state index < -0.39 is 5.97 Å². The van der Waals surface area contributed by atoms with E-state index in [1.165, 1.54) is 18.2 Å². The van der Waals surface area contributed by atoms with Gasteiger partial charge in [-0.2, -0.15) is 0 Å². The molecule has 0 unspecified atom stereocenters. The van der Waals surface area contributed by atoms with E-state index in [1.807, 2.05) is 0 Å². The lowest BCUT2D eigenvalue weighted by molar-refractivity contribution is -0.268. The molecule has 0 amide bonds. The standard InChI is InChI=1S/C11H8O3/c12-8-4-5-9-7(6-8)2-1-3-10(9)11(13)14/h1-6,12H,(H,13,14)/p-1. The van der Waals surface area contributed by atoms with Crippen LogP contribution < -0.4 is 5.11 Å². The van der Waals surface area contributed by atoms with Crippen LogP contribution in [0.3, 0.4) is 0 Å². The van der Waals surface area contributed by atoms with Crippen molar-refractivity contribution in [2.24, 2.45) is 0 Å². The predicted molar refractivity (Wildman–Crippen MR) is 50.4 cm³/mol. The van der Waals surface area contributed by atoms with Crippen molar-refractivity contribution in [3.8, 4) is 5.75 Å². The van der Waals surface area contributed by atoms with Gasteiger partial charge in [-0.05, 0) is 16.8 Å². The molecule has 0 heterocycles. The molecule has 2 aromatic carbocycles. The third-order valence-electron chi connectivity index (χ3n) is 2.08. The smallest absolute Gasteiger partial charge is 0.336 e. The third-order valence-corrected chi connectivity index (χ3v) is 2.08. The molecule has 3 nitrogen and oxygen atoms in total. The number of carboxylic acid groups (broad SMARTS) is 1. The van der Waals surface area contributed by atoms with E-state index in [2.05, 4.69) is 0 Å². The second-order valence-corrected chi connectivity index (χ2v) is 2.99. The molecule has 0 bridgehead atoms. The first-order valence-corrected chi connectivity index (χ1v) is 4.11. The topological polar surface area (TPSA) is 60.4 Å². The van der Waals surface area contributed by atoms with E-state index in [9.17, 15) is 9.90 Å². The van der Waals surface area contributed by atoms with E-state index in [1.54, 1.807) is 18.2 Å². The molecular formula is C11H7O3-. The first kappa shape index (κ1) is 8.56. The summed E-state index contributed by atoms with van der Waals surface area (Å²) in [6.45, 7) is 0. The van der Waals surface area contributed by atoms with E-state index >= 15 is 0 Å². The maximum Gasteiger partial charge on any atom is 0.336 e. The molecule has 0 saturated heterocycles. The molecule has 14 heavy (non-hydrogen) atoms. The molecule has 70 valence electrons. The molecular weight excluding hydrogens is 180 g/mol. The average Bonchev–Trinajstić information content (AvgIpc) is 2.16. The zero-order chi connectivity index (χ0) is 10.1. The fraction of sp³-hybridized carbons (Fsp3) is 0. The Kier molecular flexibility index (Phi) is 1.85. The van der Waals surface area contributed by atoms with Gasteiger partial charge in [0.1, 0.15) is 0 Å². The molecule has 0 fully saturated rings. The molecule has 3 heteroatoms. The highest BCUT2D eigenvalue weighted by molar-refractivity contribution is 6.03. The average molecular weight is 187 g/mol. The van der Waals surface area contributed by atoms with Crippen molar-refractivity contribution >= 4 is 16.7 Å². The van der Waals surface area contributed by atoms with Crippen LogP contribution >= 0.6 is 0 Å². The Morgan fingerprint density at radius 1 is 1.21 bits per heavy atom. The van der Waals surface area contributed by atoms with Gasteiger partial charge in [-0.3, -0.25) is 0 Å².